The Morgan fingerprint density at radius 1 is 1.16 bits per heavy atom. The summed E-state index contributed by atoms with van der Waals surface area (Å²) >= 11 is 0. The number of likely N-dealkylation sites (tertiary alicyclic amines) is 1. The minimum atomic E-state index is -4.43. The molecule has 1 aromatic carbocycles. The summed E-state index contributed by atoms with van der Waals surface area (Å²) in [5.41, 5.74) is -0.582. The maximum Gasteiger partial charge on any atom is 0.416 e. The Morgan fingerprint density at radius 3 is 2.28 bits per heavy atom. The zero-order valence-corrected chi connectivity index (χ0v) is 13.7. The van der Waals surface area contributed by atoms with E-state index >= 15 is 0 Å². The second-order valence-electron chi connectivity index (χ2n) is 6.01. The van der Waals surface area contributed by atoms with Gasteiger partial charge in [0.25, 0.3) is 5.91 Å². The number of hydrogen-bond acceptors (Lipinski definition) is 3. The number of amides is 2. The molecule has 2 N–H and O–H groups in total. The van der Waals surface area contributed by atoms with Crippen molar-refractivity contribution in [1.29, 1.82) is 0 Å². The van der Waals surface area contributed by atoms with Crippen LogP contribution in [0, 0.1) is 5.92 Å². The lowest BCUT2D eigenvalue weighted by Gasteiger charge is -2.31. The van der Waals surface area contributed by atoms with Crippen molar-refractivity contribution < 1.29 is 27.9 Å². The Kier molecular flexibility index (Phi) is 6.41. The van der Waals surface area contributed by atoms with Gasteiger partial charge < -0.3 is 15.3 Å². The van der Waals surface area contributed by atoms with E-state index in [0.29, 0.717) is 38.9 Å². The molecule has 8 heteroatoms. The molecule has 0 spiro atoms. The predicted octanol–water partition coefficient (Wildman–Crippen LogP) is 2.06. The van der Waals surface area contributed by atoms with E-state index in [-0.39, 0.29) is 29.9 Å². The molecule has 0 saturated carbocycles. The Labute approximate surface area is 143 Å². The number of rotatable bonds is 5. The highest BCUT2D eigenvalue weighted by Crippen LogP contribution is 2.29. The maximum absolute atomic E-state index is 12.6. The molecule has 0 unspecified atom stereocenters. The largest absolute Gasteiger partial charge is 0.416 e. The number of piperidine rings is 1. The van der Waals surface area contributed by atoms with E-state index in [0.717, 1.165) is 12.1 Å². The third-order valence-corrected chi connectivity index (χ3v) is 4.25. The summed E-state index contributed by atoms with van der Waals surface area (Å²) in [7, 11) is 0. The van der Waals surface area contributed by atoms with Crippen molar-refractivity contribution >= 4 is 11.8 Å². The van der Waals surface area contributed by atoms with Crippen LogP contribution in [0.4, 0.5) is 13.2 Å². The molecule has 5 nitrogen and oxygen atoms in total. The van der Waals surface area contributed by atoms with Gasteiger partial charge in [-0.2, -0.15) is 13.2 Å². The van der Waals surface area contributed by atoms with Crippen LogP contribution in [0.2, 0.25) is 0 Å². The molecule has 1 fully saturated rings. The molecule has 1 saturated heterocycles. The van der Waals surface area contributed by atoms with E-state index in [1.807, 2.05) is 0 Å². The van der Waals surface area contributed by atoms with E-state index in [1.165, 1.54) is 12.1 Å². The third-order valence-electron chi connectivity index (χ3n) is 4.25. The van der Waals surface area contributed by atoms with Gasteiger partial charge in [0.1, 0.15) is 0 Å². The normalized spacial score (nSPS) is 15.9. The number of carbonyl (C=O) groups is 2. The number of halogens is 3. The van der Waals surface area contributed by atoms with Crippen LogP contribution in [0.1, 0.15) is 35.2 Å². The SMILES string of the molecule is O=C(NCCCO)C1CCN(C(=O)c2ccc(C(F)(F)F)cc2)CC1. The van der Waals surface area contributed by atoms with Gasteiger partial charge in [-0.15, -0.1) is 0 Å². The van der Waals surface area contributed by atoms with Gasteiger partial charge in [0.15, 0.2) is 0 Å². The summed E-state index contributed by atoms with van der Waals surface area (Å²) in [6, 6.07) is 4.15. The van der Waals surface area contributed by atoms with Gasteiger partial charge in [0, 0.05) is 37.7 Å². The number of aliphatic hydroxyl groups is 1. The van der Waals surface area contributed by atoms with Gasteiger partial charge in [-0.25, -0.2) is 0 Å². The first-order valence-corrected chi connectivity index (χ1v) is 8.18. The molecule has 138 valence electrons. The predicted molar refractivity (Wildman–Crippen MR) is 84.8 cm³/mol. The Hall–Kier alpha value is -2.09. The minimum Gasteiger partial charge on any atom is -0.396 e. The van der Waals surface area contributed by atoms with Crippen LogP contribution < -0.4 is 5.32 Å². The first-order valence-electron chi connectivity index (χ1n) is 8.18. The quantitative estimate of drug-likeness (QED) is 0.792. The number of alkyl halides is 3. The summed E-state index contributed by atoms with van der Waals surface area (Å²) in [5, 5.41) is 11.4. The van der Waals surface area contributed by atoms with Crippen molar-refractivity contribution in [3.05, 3.63) is 35.4 Å². The molecular formula is C17H21F3N2O3. The summed E-state index contributed by atoms with van der Waals surface area (Å²) in [6.45, 7) is 1.20. The molecule has 2 amide bonds. The lowest BCUT2D eigenvalue weighted by Crippen LogP contribution is -2.43. The summed E-state index contributed by atoms with van der Waals surface area (Å²) in [5.74, 6) is -0.599. The summed E-state index contributed by atoms with van der Waals surface area (Å²) in [6.07, 6.45) is -2.91. The number of nitrogens with zero attached hydrogens (tertiary/aromatic N) is 1. The van der Waals surface area contributed by atoms with Crippen molar-refractivity contribution in [2.24, 2.45) is 5.92 Å². The van der Waals surface area contributed by atoms with Gasteiger partial charge in [0.05, 0.1) is 5.56 Å². The highest BCUT2D eigenvalue weighted by atomic mass is 19.4. The molecule has 0 aliphatic carbocycles. The number of aliphatic hydroxyl groups excluding tert-OH is 1. The topological polar surface area (TPSA) is 69.6 Å². The third kappa shape index (κ3) is 5.19. The Morgan fingerprint density at radius 2 is 1.76 bits per heavy atom. The molecule has 1 heterocycles. The van der Waals surface area contributed by atoms with Gasteiger partial charge in [0.2, 0.25) is 5.91 Å². The van der Waals surface area contributed by atoms with Gasteiger partial charge in [-0.3, -0.25) is 9.59 Å². The van der Waals surface area contributed by atoms with Crippen LogP contribution in [-0.4, -0.2) is 48.1 Å². The number of hydrogen-bond donors (Lipinski definition) is 2. The fourth-order valence-electron chi connectivity index (χ4n) is 2.76. The average molecular weight is 358 g/mol. The monoisotopic (exact) mass is 358 g/mol. The van der Waals surface area contributed by atoms with Crippen LogP contribution in [0.3, 0.4) is 0 Å². The standard InChI is InChI=1S/C17H21F3N2O3/c18-17(19,20)14-4-2-13(3-5-14)16(25)22-9-6-12(7-10-22)15(24)21-8-1-11-23/h2-5,12,23H,1,6-11H2,(H,21,24). The minimum absolute atomic E-state index is 0.0142. The van der Waals surface area contributed by atoms with Crippen LogP contribution in [0.15, 0.2) is 24.3 Å². The molecule has 2 rings (SSSR count). The average Bonchev–Trinajstić information content (AvgIpc) is 2.61. The summed E-state index contributed by atoms with van der Waals surface area (Å²) in [4.78, 5) is 25.9. The molecule has 0 radical (unpaired) electrons. The van der Waals surface area contributed by atoms with Gasteiger partial charge in [-0.1, -0.05) is 0 Å². The van der Waals surface area contributed by atoms with Crippen molar-refractivity contribution in [3.63, 3.8) is 0 Å². The first kappa shape index (κ1) is 19.2. The Bertz CT molecular complexity index is 594. The molecule has 0 aromatic heterocycles. The second-order valence-corrected chi connectivity index (χ2v) is 6.01. The molecule has 0 atom stereocenters. The zero-order chi connectivity index (χ0) is 18.4. The van der Waals surface area contributed by atoms with Gasteiger partial charge >= 0.3 is 6.18 Å². The number of carbonyl (C=O) groups excluding carboxylic acids is 2. The van der Waals surface area contributed by atoms with Crippen molar-refractivity contribution in [2.75, 3.05) is 26.2 Å². The molecular weight excluding hydrogens is 337 g/mol. The molecule has 1 aliphatic rings. The lowest BCUT2D eigenvalue weighted by atomic mass is 9.95. The van der Waals surface area contributed by atoms with Crippen molar-refractivity contribution in [3.8, 4) is 0 Å². The molecule has 1 aromatic rings. The van der Waals surface area contributed by atoms with Crippen molar-refractivity contribution in [1.82, 2.24) is 10.2 Å². The number of benzene rings is 1. The van der Waals surface area contributed by atoms with Crippen LogP contribution in [-0.2, 0) is 11.0 Å². The van der Waals surface area contributed by atoms with E-state index in [1.54, 1.807) is 4.90 Å². The highest BCUT2D eigenvalue weighted by Gasteiger charge is 2.31. The lowest BCUT2D eigenvalue weighted by molar-refractivity contribution is -0.137. The van der Waals surface area contributed by atoms with E-state index in [2.05, 4.69) is 5.32 Å². The van der Waals surface area contributed by atoms with E-state index < -0.39 is 11.7 Å². The summed E-state index contributed by atoms with van der Waals surface area (Å²) < 4.78 is 37.7. The fourth-order valence-corrected chi connectivity index (χ4v) is 2.76. The number of nitrogens with one attached hydrogen (secondary N) is 1. The van der Waals surface area contributed by atoms with Crippen molar-refractivity contribution in [2.45, 2.75) is 25.4 Å². The fraction of sp³-hybridized carbons (Fsp3) is 0.529. The second kappa shape index (κ2) is 8.33. The first-order chi connectivity index (χ1) is 11.8. The van der Waals surface area contributed by atoms with Gasteiger partial charge in [-0.05, 0) is 43.5 Å². The Balaban J connectivity index is 1.87. The smallest absolute Gasteiger partial charge is 0.396 e. The molecule has 1 aliphatic heterocycles. The molecule has 0 bridgehead atoms. The van der Waals surface area contributed by atoms with E-state index in [4.69, 9.17) is 5.11 Å². The van der Waals surface area contributed by atoms with Crippen LogP contribution in [0.5, 0.6) is 0 Å². The maximum atomic E-state index is 12.6. The van der Waals surface area contributed by atoms with Crippen LogP contribution in [0.25, 0.3) is 0 Å². The molecule has 25 heavy (non-hydrogen) atoms. The highest BCUT2D eigenvalue weighted by molar-refractivity contribution is 5.94. The van der Waals surface area contributed by atoms with E-state index in [9.17, 15) is 22.8 Å². The zero-order valence-electron chi connectivity index (χ0n) is 13.7. The van der Waals surface area contributed by atoms with Crippen LogP contribution >= 0.6 is 0 Å².